The summed E-state index contributed by atoms with van der Waals surface area (Å²) in [6, 6.07) is 3.56. The maximum atomic E-state index is 12.1. The molecule has 1 fully saturated rings. The van der Waals surface area contributed by atoms with Crippen LogP contribution in [0.3, 0.4) is 0 Å². The Kier molecular flexibility index (Phi) is 3.29. The van der Waals surface area contributed by atoms with E-state index in [1.807, 2.05) is 17.9 Å². The van der Waals surface area contributed by atoms with Crippen LogP contribution in [0.2, 0.25) is 0 Å². The summed E-state index contributed by atoms with van der Waals surface area (Å²) in [7, 11) is 0. The molecule has 1 saturated heterocycles. The highest BCUT2D eigenvalue weighted by atomic mass is 16.3. The molecule has 1 aromatic heterocycles. The Labute approximate surface area is 95.4 Å². The number of hydrogen-bond acceptors (Lipinski definition) is 3. The van der Waals surface area contributed by atoms with E-state index in [1.54, 1.807) is 6.07 Å². The summed E-state index contributed by atoms with van der Waals surface area (Å²) in [5.41, 5.74) is 5.65. The number of piperidine rings is 1. The van der Waals surface area contributed by atoms with Crippen LogP contribution in [0.15, 0.2) is 16.5 Å². The molecule has 2 rings (SSSR count). The lowest BCUT2D eigenvalue weighted by Gasteiger charge is -2.31. The Morgan fingerprint density at radius 3 is 3.06 bits per heavy atom. The van der Waals surface area contributed by atoms with E-state index < -0.39 is 0 Å². The summed E-state index contributed by atoms with van der Waals surface area (Å²) in [6.45, 7) is 4.07. The molecule has 0 spiro atoms. The van der Waals surface area contributed by atoms with E-state index in [9.17, 15) is 4.79 Å². The van der Waals surface area contributed by atoms with E-state index >= 15 is 0 Å². The second-order valence-corrected chi connectivity index (χ2v) is 4.41. The average molecular weight is 222 g/mol. The quantitative estimate of drug-likeness (QED) is 0.822. The topological polar surface area (TPSA) is 59.5 Å². The molecule has 1 atom stereocenters. The fourth-order valence-corrected chi connectivity index (χ4v) is 2.15. The van der Waals surface area contributed by atoms with E-state index in [0.717, 1.165) is 31.7 Å². The van der Waals surface area contributed by atoms with Crippen LogP contribution >= 0.6 is 0 Å². The summed E-state index contributed by atoms with van der Waals surface area (Å²) in [5, 5.41) is 0. The molecule has 0 radical (unpaired) electrons. The Balaban J connectivity index is 2.04. The van der Waals surface area contributed by atoms with Gasteiger partial charge in [-0.05, 0) is 44.4 Å². The van der Waals surface area contributed by atoms with Gasteiger partial charge >= 0.3 is 0 Å². The van der Waals surface area contributed by atoms with Gasteiger partial charge in [0, 0.05) is 13.1 Å². The number of carbonyl (C=O) groups is 1. The van der Waals surface area contributed by atoms with Crippen molar-refractivity contribution in [1.82, 2.24) is 4.90 Å². The van der Waals surface area contributed by atoms with Gasteiger partial charge in [0.25, 0.3) is 5.91 Å². The number of hydrogen-bond donors (Lipinski definition) is 1. The van der Waals surface area contributed by atoms with Crippen molar-refractivity contribution in [1.29, 1.82) is 0 Å². The number of furan rings is 1. The molecule has 1 amide bonds. The zero-order valence-electron chi connectivity index (χ0n) is 9.61. The third-order valence-electron chi connectivity index (χ3n) is 3.09. The van der Waals surface area contributed by atoms with Gasteiger partial charge in [0.05, 0.1) is 0 Å². The van der Waals surface area contributed by atoms with Crippen molar-refractivity contribution in [2.75, 3.05) is 19.6 Å². The predicted octanol–water partition coefficient (Wildman–Crippen LogP) is 1.40. The maximum Gasteiger partial charge on any atom is 0.289 e. The van der Waals surface area contributed by atoms with Crippen molar-refractivity contribution >= 4 is 5.91 Å². The Hall–Kier alpha value is -1.29. The zero-order valence-corrected chi connectivity index (χ0v) is 9.61. The lowest BCUT2D eigenvalue weighted by molar-refractivity contribution is 0.0644. The molecule has 2 heterocycles. The van der Waals surface area contributed by atoms with E-state index in [1.165, 1.54) is 0 Å². The average Bonchev–Trinajstić information content (AvgIpc) is 2.75. The van der Waals surface area contributed by atoms with E-state index in [4.69, 9.17) is 10.2 Å². The summed E-state index contributed by atoms with van der Waals surface area (Å²) >= 11 is 0. The fourth-order valence-electron chi connectivity index (χ4n) is 2.15. The lowest BCUT2D eigenvalue weighted by atomic mass is 9.98. The van der Waals surface area contributed by atoms with Gasteiger partial charge in [0.15, 0.2) is 5.76 Å². The number of rotatable bonds is 2. The second kappa shape index (κ2) is 4.70. The molecular formula is C12H18N2O2. The van der Waals surface area contributed by atoms with Crippen LogP contribution in [0.5, 0.6) is 0 Å². The standard InChI is InChI=1S/C12H18N2O2/c1-9-4-5-11(16-9)12(15)14-6-2-3-10(7-13)8-14/h4-5,10H,2-3,6-8,13H2,1H3. The van der Waals surface area contributed by atoms with Gasteiger partial charge in [-0.25, -0.2) is 0 Å². The highest BCUT2D eigenvalue weighted by Crippen LogP contribution is 2.18. The first kappa shape index (κ1) is 11.2. The van der Waals surface area contributed by atoms with Crippen molar-refractivity contribution in [2.45, 2.75) is 19.8 Å². The Morgan fingerprint density at radius 2 is 2.44 bits per heavy atom. The van der Waals surface area contributed by atoms with Crippen molar-refractivity contribution in [3.8, 4) is 0 Å². The maximum absolute atomic E-state index is 12.1. The van der Waals surface area contributed by atoms with Gasteiger partial charge in [-0.1, -0.05) is 0 Å². The summed E-state index contributed by atoms with van der Waals surface area (Å²) in [4.78, 5) is 13.9. The van der Waals surface area contributed by atoms with Crippen molar-refractivity contribution < 1.29 is 9.21 Å². The fraction of sp³-hybridized carbons (Fsp3) is 0.583. The van der Waals surface area contributed by atoms with Gasteiger partial charge in [-0.3, -0.25) is 4.79 Å². The van der Waals surface area contributed by atoms with Crippen LogP contribution in [0.4, 0.5) is 0 Å². The third kappa shape index (κ3) is 2.27. The highest BCUT2D eigenvalue weighted by molar-refractivity contribution is 5.91. The van der Waals surface area contributed by atoms with Crippen LogP contribution in [-0.2, 0) is 0 Å². The number of nitrogens with zero attached hydrogens (tertiary/aromatic N) is 1. The monoisotopic (exact) mass is 222 g/mol. The van der Waals surface area contributed by atoms with Gasteiger partial charge in [-0.2, -0.15) is 0 Å². The first-order chi connectivity index (χ1) is 7.70. The van der Waals surface area contributed by atoms with Crippen molar-refractivity contribution in [3.05, 3.63) is 23.7 Å². The van der Waals surface area contributed by atoms with Crippen LogP contribution in [0.25, 0.3) is 0 Å². The summed E-state index contributed by atoms with van der Waals surface area (Å²) in [6.07, 6.45) is 2.16. The lowest BCUT2D eigenvalue weighted by Crippen LogP contribution is -2.41. The molecule has 0 bridgehead atoms. The number of carbonyl (C=O) groups excluding carboxylic acids is 1. The SMILES string of the molecule is Cc1ccc(C(=O)N2CCCC(CN)C2)o1. The summed E-state index contributed by atoms with van der Waals surface area (Å²) < 4.78 is 5.34. The van der Waals surface area contributed by atoms with E-state index in [0.29, 0.717) is 18.2 Å². The number of aryl methyl sites for hydroxylation is 1. The van der Waals surface area contributed by atoms with Gasteiger partial charge < -0.3 is 15.1 Å². The summed E-state index contributed by atoms with van der Waals surface area (Å²) in [5.74, 6) is 1.64. The molecule has 0 aromatic carbocycles. The van der Waals surface area contributed by atoms with Crippen LogP contribution < -0.4 is 5.73 Å². The minimum Gasteiger partial charge on any atom is -0.456 e. The number of likely N-dealkylation sites (tertiary alicyclic amines) is 1. The highest BCUT2D eigenvalue weighted by Gasteiger charge is 2.25. The zero-order chi connectivity index (χ0) is 11.5. The predicted molar refractivity (Wildman–Crippen MR) is 61.1 cm³/mol. The smallest absolute Gasteiger partial charge is 0.289 e. The molecule has 1 aromatic rings. The molecular weight excluding hydrogens is 204 g/mol. The molecule has 0 aliphatic carbocycles. The Morgan fingerprint density at radius 1 is 1.62 bits per heavy atom. The Bertz CT molecular complexity index is 373. The first-order valence-electron chi connectivity index (χ1n) is 5.76. The van der Waals surface area contributed by atoms with E-state index in [2.05, 4.69) is 0 Å². The minimum absolute atomic E-state index is 0.00810. The molecule has 1 aliphatic heterocycles. The van der Waals surface area contributed by atoms with Gasteiger partial charge in [0.1, 0.15) is 5.76 Å². The van der Waals surface area contributed by atoms with E-state index in [-0.39, 0.29) is 5.91 Å². The number of amides is 1. The molecule has 4 nitrogen and oxygen atoms in total. The molecule has 88 valence electrons. The largest absolute Gasteiger partial charge is 0.456 e. The van der Waals surface area contributed by atoms with Crippen LogP contribution in [0, 0.1) is 12.8 Å². The molecule has 16 heavy (non-hydrogen) atoms. The van der Waals surface area contributed by atoms with Gasteiger partial charge in [-0.15, -0.1) is 0 Å². The third-order valence-corrected chi connectivity index (χ3v) is 3.09. The van der Waals surface area contributed by atoms with Crippen molar-refractivity contribution in [2.24, 2.45) is 11.7 Å². The molecule has 2 N–H and O–H groups in total. The first-order valence-corrected chi connectivity index (χ1v) is 5.76. The molecule has 1 aliphatic rings. The number of nitrogens with two attached hydrogens (primary N) is 1. The van der Waals surface area contributed by atoms with Crippen LogP contribution in [-0.4, -0.2) is 30.4 Å². The minimum atomic E-state index is -0.00810. The van der Waals surface area contributed by atoms with Crippen LogP contribution in [0.1, 0.15) is 29.2 Å². The second-order valence-electron chi connectivity index (χ2n) is 4.41. The molecule has 4 heteroatoms. The normalized spacial score (nSPS) is 21.1. The molecule has 1 unspecified atom stereocenters. The van der Waals surface area contributed by atoms with Crippen molar-refractivity contribution in [3.63, 3.8) is 0 Å². The molecule has 0 saturated carbocycles. The van der Waals surface area contributed by atoms with Gasteiger partial charge in [0.2, 0.25) is 0 Å².